The molecule has 3 aromatic rings. The fourth-order valence-electron chi connectivity index (χ4n) is 5.66. The van der Waals surface area contributed by atoms with Crippen molar-refractivity contribution in [2.75, 3.05) is 31.6 Å². The lowest BCUT2D eigenvalue weighted by molar-refractivity contribution is -0.140. The monoisotopic (exact) mass is 621 g/mol. The molecule has 1 fully saturated rings. The Bertz CT molecular complexity index is 1470. The lowest BCUT2D eigenvalue weighted by atomic mass is 9.95. The number of amides is 2. The number of sulfonamides is 1. The summed E-state index contributed by atoms with van der Waals surface area (Å²) in [5, 5.41) is 3.18. The van der Waals surface area contributed by atoms with Crippen LogP contribution in [0.15, 0.2) is 83.8 Å². The maximum absolute atomic E-state index is 14.3. The highest BCUT2D eigenvalue weighted by molar-refractivity contribution is 7.92. The van der Waals surface area contributed by atoms with Crippen molar-refractivity contribution in [1.82, 2.24) is 10.2 Å². The number of hydrogen-bond acceptors (Lipinski definition) is 6. The summed E-state index contributed by atoms with van der Waals surface area (Å²) in [6.45, 7) is 1.61. The van der Waals surface area contributed by atoms with Gasteiger partial charge >= 0.3 is 0 Å². The van der Waals surface area contributed by atoms with Crippen molar-refractivity contribution in [1.29, 1.82) is 0 Å². The van der Waals surface area contributed by atoms with Gasteiger partial charge in [0.05, 0.1) is 24.8 Å². The van der Waals surface area contributed by atoms with Crippen LogP contribution in [0.3, 0.4) is 0 Å². The van der Waals surface area contributed by atoms with Gasteiger partial charge in [-0.1, -0.05) is 68.7 Å². The van der Waals surface area contributed by atoms with Gasteiger partial charge in [0, 0.05) is 12.6 Å². The highest BCUT2D eigenvalue weighted by atomic mass is 32.2. The Kier molecular flexibility index (Phi) is 11.7. The number of nitrogens with zero attached hydrogens (tertiary/aromatic N) is 2. The molecule has 0 aromatic heterocycles. The summed E-state index contributed by atoms with van der Waals surface area (Å²) in [6, 6.07) is 21.7. The quantitative estimate of drug-likeness (QED) is 0.265. The van der Waals surface area contributed by atoms with Gasteiger partial charge in [-0.15, -0.1) is 0 Å². The number of benzene rings is 3. The molecule has 1 saturated carbocycles. The van der Waals surface area contributed by atoms with Crippen LogP contribution in [0.4, 0.5) is 5.69 Å². The first kappa shape index (κ1) is 32.9. The van der Waals surface area contributed by atoms with E-state index in [1.165, 1.54) is 31.3 Å². The Balaban J connectivity index is 1.69. The van der Waals surface area contributed by atoms with Gasteiger partial charge in [-0.05, 0) is 67.6 Å². The standard InChI is InChI=1S/C34H43N3O6S/c1-4-30(34(39)35-27-15-9-6-10-16-27)36(24-23-26-13-7-5-8-14-26)33(38)25-37(31-17-11-12-18-32(31)43-3)44(40,41)29-21-19-28(42-2)20-22-29/h5,7-8,11-14,17-22,27,30H,4,6,9-10,15-16,23-25H2,1-3H3,(H,35,39)/t30-/m0/s1. The van der Waals surface area contributed by atoms with E-state index in [0.717, 1.165) is 42.0 Å². The Hall–Kier alpha value is -4.05. The van der Waals surface area contributed by atoms with E-state index in [1.54, 1.807) is 36.4 Å². The first-order valence-electron chi connectivity index (χ1n) is 15.2. The molecular weight excluding hydrogens is 578 g/mol. The Morgan fingerprint density at radius 1 is 0.886 bits per heavy atom. The normalized spacial score (nSPS) is 14.3. The molecule has 1 N–H and O–H groups in total. The van der Waals surface area contributed by atoms with Gasteiger partial charge in [-0.25, -0.2) is 8.42 Å². The predicted octanol–water partition coefficient (Wildman–Crippen LogP) is 5.20. The minimum atomic E-state index is -4.23. The van der Waals surface area contributed by atoms with E-state index >= 15 is 0 Å². The molecule has 2 amide bonds. The second kappa shape index (κ2) is 15.6. The second-order valence-corrected chi connectivity index (χ2v) is 12.8. The number of hydrogen-bond donors (Lipinski definition) is 1. The van der Waals surface area contributed by atoms with E-state index < -0.39 is 28.5 Å². The summed E-state index contributed by atoms with van der Waals surface area (Å²) in [7, 11) is -1.28. The highest BCUT2D eigenvalue weighted by Gasteiger charge is 2.35. The number of rotatable bonds is 14. The average molecular weight is 622 g/mol. The molecule has 0 unspecified atom stereocenters. The second-order valence-electron chi connectivity index (χ2n) is 10.9. The molecule has 10 heteroatoms. The minimum Gasteiger partial charge on any atom is -0.497 e. The number of carbonyl (C=O) groups excluding carboxylic acids is 2. The molecule has 9 nitrogen and oxygen atoms in total. The molecule has 1 atom stereocenters. The zero-order valence-electron chi connectivity index (χ0n) is 25.8. The van der Waals surface area contributed by atoms with Crippen molar-refractivity contribution in [2.45, 2.75) is 68.8 Å². The van der Waals surface area contributed by atoms with Gasteiger partial charge in [-0.3, -0.25) is 13.9 Å². The van der Waals surface area contributed by atoms with Crippen LogP contribution in [0.2, 0.25) is 0 Å². The van der Waals surface area contributed by atoms with Gasteiger partial charge in [0.25, 0.3) is 10.0 Å². The van der Waals surface area contributed by atoms with E-state index in [0.29, 0.717) is 24.3 Å². The summed E-state index contributed by atoms with van der Waals surface area (Å²) in [6.07, 6.45) is 6.03. The van der Waals surface area contributed by atoms with Gasteiger partial charge in [0.2, 0.25) is 11.8 Å². The van der Waals surface area contributed by atoms with Crippen molar-refractivity contribution in [2.24, 2.45) is 0 Å². The number of anilines is 1. The van der Waals surface area contributed by atoms with Crippen LogP contribution in [-0.2, 0) is 26.0 Å². The first-order chi connectivity index (χ1) is 21.3. The molecule has 0 saturated heterocycles. The van der Waals surface area contributed by atoms with E-state index in [4.69, 9.17) is 9.47 Å². The smallest absolute Gasteiger partial charge is 0.264 e. The maximum Gasteiger partial charge on any atom is 0.264 e. The molecule has 0 radical (unpaired) electrons. The fourth-order valence-corrected chi connectivity index (χ4v) is 7.09. The van der Waals surface area contributed by atoms with E-state index in [9.17, 15) is 18.0 Å². The zero-order chi connectivity index (χ0) is 31.5. The van der Waals surface area contributed by atoms with E-state index in [1.807, 2.05) is 37.3 Å². The van der Waals surface area contributed by atoms with Gasteiger partial charge in [-0.2, -0.15) is 0 Å². The molecule has 1 aliphatic rings. The number of nitrogens with one attached hydrogen (secondary N) is 1. The molecule has 0 spiro atoms. The molecule has 236 valence electrons. The molecule has 0 bridgehead atoms. The molecule has 0 heterocycles. The van der Waals surface area contributed by atoms with Crippen LogP contribution in [0.25, 0.3) is 0 Å². The van der Waals surface area contributed by atoms with E-state index in [2.05, 4.69) is 5.32 Å². The van der Waals surface area contributed by atoms with Crippen LogP contribution in [-0.4, -0.2) is 64.5 Å². The van der Waals surface area contributed by atoms with Crippen LogP contribution in [0.1, 0.15) is 51.0 Å². The molecule has 0 aliphatic heterocycles. The number of ether oxygens (including phenoxy) is 2. The van der Waals surface area contributed by atoms with Crippen molar-refractivity contribution >= 4 is 27.5 Å². The van der Waals surface area contributed by atoms with Gasteiger partial charge < -0.3 is 19.7 Å². The molecular formula is C34H43N3O6S. The summed E-state index contributed by atoms with van der Waals surface area (Å²) in [5.41, 5.74) is 1.24. The Labute approximate surface area is 261 Å². The minimum absolute atomic E-state index is 0.00470. The Morgan fingerprint density at radius 2 is 1.55 bits per heavy atom. The number of methoxy groups -OCH3 is 2. The van der Waals surface area contributed by atoms with Gasteiger partial charge in [0.15, 0.2) is 0 Å². The van der Waals surface area contributed by atoms with Crippen molar-refractivity contribution in [3.05, 3.63) is 84.4 Å². The first-order valence-corrected chi connectivity index (χ1v) is 16.7. The lowest BCUT2D eigenvalue weighted by Gasteiger charge is -2.34. The number of carbonyl (C=O) groups is 2. The highest BCUT2D eigenvalue weighted by Crippen LogP contribution is 2.33. The predicted molar refractivity (Wildman–Crippen MR) is 171 cm³/mol. The van der Waals surface area contributed by atoms with Gasteiger partial charge in [0.1, 0.15) is 24.1 Å². The third kappa shape index (κ3) is 8.11. The molecule has 44 heavy (non-hydrogen) atoms. The largest absolute Gasteiger partial charge is 0.497 e. The molecule has 3 aromatic carbocycles. The summed E-state index contributed by atoms with van der Waals surface area (Å²) < 4.78 is 40.1. The van der Waals surface area contributed by atoms with Crippen molar-refractivity contribution < 1.29 is 27.5 Å². The maximum atomic E-state index is 14.3. The van der Waals surface area contributed by atoms with Crippen LogP contribution in [0, 0.1) is 0 Å². The lowest BCUT2D eigenvalue weighted by Crippen LogP contribution is -2.54. The van der Waals surface area contributed by atoms with Crippen LogP contribution < -0.4 is 19.1 Å². The van der Waals surface area contributed by atoms with Crippen molar-refractivity contribution in [3.8, 4) is 11.5 Å². The van der Waals surface area contributed by atoms with Crippen LogP contribution in [0.5, 0.6) is 11.5 Å². The average Bonchev–Trinajstić information content (AvgIpc) is 3.06. The van der Waals surface area contributed by atoms with E-state index in [-0.39, 0.29) is 29.1 Å². The van der Waals surface area contributed by atoms with Crippen LogP contribution >= 0.6 is 0 Å². The SMILES string of the molecule is CC[C@@H](C(=O)NC1CCCCC1)N(CCc1ccccc1)C(=O)CN(c1ccccc1OC)S(=O)(=O)c1ccc(OC)cc1. The number of para-hydroxylation sites is 2. The summed E-state index contributed by atoms with van der Waals surface area (Å²) >= 11 is 0. The molecule has 4 rings (SSSR count). The summed E-state index contributed by atoms with van der Waals surface area (Å²) in [5.74, 6) is 0.123. The Morgan fingerprint density at radius 3 is 2.18 bits per heavy atom. The third-order valence-electron chi connectivity index (χ3n) is 8.10. The fraction of sp³-hybridized carbons (Fsp3) is 0.412. The zero-order valence-corrected chi connectivity index (χ0v) is 26.6. The third-order valence-corrected chi connectivity index (χ3v) is 9.88. The molecule has 1 aliphatic carbocycles. The topological polar surface area (TPSA) is 105 Å². The van der Waals surface area contributed by atoms with Crippen molar-refractivity contribution in [3.63, 3.8) is 0 Å². The summed E-state index contributed by atoms with van der Waals surface area (Å²) in [4.78, 5) is 29.5.